The van der Waals surface area contributed by atoms with Gasteiger partial charge in [0, 0.05) is 47.6 Å². The molecule has 0 aliphatic rings. The molecule has 11 aromatic rings. The molecule has 0 aliphatic heterocycles. The summed E-state index contributed by atoms with van der Waals surface area (Å²) in [6.45, 7) is 0. The van der Waals surface area contributed by atoms with Crippen LogP contribution in [0, 0.1) is 0 Å². The van der Waals surface area contributed by atoms with Gasteiger partial charge < -0.3 is 4.42 Å². The molecule has 0 radical (unpaired) electrons. The first-order valence-corrected chi connectivity index (χ1v) is 19.5. The minimum absolute atomic E-state index is 0.591. The second kappa shape index (κ2) is 13.3. The summed E-state index contributed by atoms with van der Waals surface area (Å²) in [7, 11) is 0. The second-order valence-electron chi connectivity index (χ2n) is 14.0. The Kier molecular flexibility index (Phi) is 7.64. The van der Waals surface area contributed by atoms with Crippen molar-refractivity contribution in [2.75, 3.05) is 0 Å². The Balaban J connectivity index is 1.02. The third-order valence-electron chi connectivity index (χ3n) is 10.6. The first-order chi connectivity index (χ1) is 27.7. The number of hydrogen-bond acceptors (Lipinski definition) is 5. The van der Waals surface area contributed by atoms with Gasteiger partial charge in [-0.2, -0.15) is 0 Å². The lowest BCUT2D eigenvalue weighted by atomic mass is 9.92. The Labute approximate surface area is 327 Å². The predicted octanol–water partition coefficient (Wildman–Crippen LogP) is 14.1. The van der Waals surface area contributed by atoms with Crippen LogP contribution in [0.3, 0.4) is 0 Å². The van der Waals surface area contributed by atoms with Gasteiger partial charge >= 0.3 is 0 Å². The Morgan fingerprint density at radius 3 is 1.45 bits per heavy atom. The summed E-state index contributed by atoms with van der Waals surface area (Å²) in [4.78, 5) is 15.0. The van der Waals surface area contributed by atoms with Crippen LogP contribution >= 0.6 is 11.3 Å². The van der Waals surface area contributed by atoms with Gasteiger partial charge in [-0.15, -0.1) is 11.3 Å². The van der Waals surface area contributed by atoms with Crippen molar-refractivity contribution >= 4 is 53.4 Å². The summed E-state index contributed by atoms with van der Waals surface area (Å²) >= 11 is 1.85. The fraction of sp³-hybridized carbons (Fsp3) is 0. The minimum atomic E-state index is 0.591. The maximum absolute atomic E-state index is 6.68. The number of furan rings is 1. The van der Waals surface area contributed by atoms with Crippen molar-refractivity contribution in [1.29, 1.82) is 0 Å². The summed E-state index contributed by atoms with van der Waals surface area (Å²) in [6.07, 6.45) is 0. The van der Waals surface area contributed by atoms with Crippen molar-refractivity contribution in [3.63, 3.8) is 0 Å². The van der Waals surface area contributed by atoms with Crippen LogP contribution in [-0.2, 0) is 0 Å². The summed E-state index contributed by atoms with van der Waals surface area (Å²) in [5, 5.41) is 4.67. The number of thiophene rings is 1. The quantitative estimate of drug-likeness (QED) is 0.171. The van der Waals surface area contributed by atoms with Gasteiger partial charge in [-0.05, 0) is 75.8 Å². The van der Waals surface area contributed by atoms with E-state index in [-0.39, 0.29) is 0 Å². The molecule has 0 spiro atoms. The molecule has 3 heterocycles. The van der Waals surface area contributed by atoms with Crippen molar-refractivity contribution < 1.29 is 4.42 Å². The van der Waals surface area contributed by atoms with Crippen LogP contribution in [0.4, 0.5) is 0 Å². The van der Waals surface area contributed by atoms with Crippen molar-refractivity contribution in [3.05, 3.63) is 188 Å². The Bertz CT molecular complexity index is 3230. The summed E-state index contributed by atoms with van der Waals surface area (Å²) in [5.41, 5.74) is 11.3. The number of hydrogen-bond donors (Lipinski definition) is 0. The molecule has 0 atom stereocenters. The molecule has 5 heteroatoms. The zero-order valence-corrected chi connectivity index (χ0v) is 30.9. The maximum Gasteiger partial charge on any atom is 0.164 e. The molecule has 0 N–H and O–H groups in total. The Hall–Kier alpha value is -7.21. The van der Waals surface area contributed by atoms with Crippen LogP contribution in [-0.4, -0.2) is 15.0 Å². The minimum Gasteiger partial charge on any atom is -0.456 e. The summed E-state index contributed by atoms with van der Waals surface area (Å²) in [6, 6.07) is 65.7. The molecule has 0 saturated heterocycles. The van der Waals surface area contributed by atoms with Gasteiger partial charge in [0.05, 0.1) is 0 Å². The summed E-state index contributed by atoms with van der Waals surface area (Å²) < 4.78 is 9.26. The van der Waals surface area contributed by atoms with E-state index in [4.69, 9.17) is 19.4 Å². The number of fused-ring (bicyclic) bond motifs is 6. The third kappa shape index (κ3) is 5.65. The van der Waals surface area contributed by atoms with Gasteiger partial charge in [0.15, 0.2) is 17.5 Å². The van der Waals surface area contributed by atoms with Gasteiger partial charge in [-0.1, -0.05) is 146 Å². The molecule has 0 aliphatic carbocycles. The SMILES string of the molecule is c1ccc(-c2ccc(-c3nc(-c4ccccc4)nc(-c4ccc5c(c4)oc4cc(-c6cc7c(cc6-c6ccccc6)sc6ccccc67)ccc45)n3)cc2)cc1. The molecule has 56 heavy (non-hydrogen) atoms. The molecule has 0 unspecified atom stereocenters. The molecule has 3 aromatic heterocycles. The van der Waals surface area contributed by atoms with Crippen molar-refractivity contribution in [2.45, 2.75) is 0 Å². The number of rotatable bonds is 6. The molecule has 8 aromatic carbocycles. The number of aromatic nitrogens is 3. The Morgan fingerprint density at radius 1 is 0.304 bits per heavy atom. The van der Waals surface area contributed by atoms with Crippen molar-refractivity contribution in [3.8, 4) is 67.5 Å². The molecule has 4 nitrogen and oxygen atoms in total. The van der Waals surface area contributed by atoms with Crippen molar-refractivity contribution in [1.82, 2.24) is 15.0 Å². The Morgan fingerprint density at radius 2 is 0.768 bits per heavy atom. The van der Waals surface area contributed by atoms with Crippen LogP contribution in [0.15, 0.2) is 192 Å². The van der Waals surface area contributed by atoms with Crippen LogP contribution < -0.4 is 0 Å². The van der Waals surface area contributed by atoms with E-state index in [1.165, 1.54) is 42.4 Å². The zero-order chi connectivity index (χ0) is 37.0. The zero-order valence-electron chi connectivity index (χ0n) is 30.1. The fourth-order valence-corrected chi connectivity index (χ4v) is 8.87. The van der Waals surface area contributed by atoms with E-state index in [1.807, 2.05) is 47.7 Å². The average Bonchev–Trinajstić information content (AvgIpc) is 3.83. The highest BCUT2D eigenvalue weighted by Crippen LogP contribution is 2.43. The lowest BCUT2D eigenvalue weighted by molar-refractivity contribution is 0.669. The number of nitrogens with zero attached hydrogens (tertiary/aromatic N) is 3. The highest BCUT2D eigenvalue weighted by atomic mass is 32.1. The smallest absolute Gasteiger partial charge is 0.164 e. The van der Waals surface area contributed by atoms with Gasteiger partial charge in [-0.3, -0.25) is 0 Å². The molecule has 11 rings (SSSR count). The van der Waals surface area contributed by atoms with E-state index in [2.05, 4.69) is 152 Å². The van der Waals surface area contributed by atoms with Crippen LogP contribution in [0.2, 0.25) is 0 Å². The van der Waals surface area contributed by atoms with Crippen molar-refractivity contribution in [2.24, 2.45) is 0 Å². The van der Waals surface area contributed by atoms with Gasteiger partial charge in [0.25, 0.3) is 0 Å². The first kappa shape index (κ1) is 32.2. The van der Waals surface area contributed by atoms with E-state index in [0.717, 1.165) is 49.8 Å². The monoisotopic (exact) mass is 733 g/mol. The molecule has 0 bridgehead atoms. The lowest BCUT2D eigenvalue weighted by Crippen LogP contribution is -2.00. The largest absolute Gasteiger partial charge is 0.456 e. The van der Waals surface area contributed by atoms with Crippen LogP contribution in [0.5, 0.6) is 0 Å². The average molecular weight is 734 g/mol. The fourth-order valence-electron chi connectivity index (χ4n) is 7.74. The highest BCUT2D eigenvalue weighted by Gasteiger charge is 2.18. The predicted molar refractivity (Wildman–Crippen MR) is 233 cm³/mol. The molecule has 0 amide bonds. The van der Waals surface area contributed by atoms with E-state index in [1.54, 1.807) is 0 Å². The standard InChI is InChI=1S/C51H31N3OS/c1-4-12-32(13-5-1)33-20-22-36(23-21-33)50-52-49(35-16-8-3-9-17-35)53-51(54-50)38-25-27-40-39-26-24-37(28-45(39)55-46(40)29-38)42-30-44-41-18-10-11-19-47(41)56-48(44)31-43(42)34-14-6-2-7-15-34/h1-31H. The maximum atomic E-state index is 6.68. The van der Waals surface area contributed by atoms with Crippen LogP contribution in [0.25, 0.3) is 110 Å². The molecule has 262 valence electrons. The van der Waals surface area contributed by atoms with Crippen LogP contribution in [0.1, 0.15) is 0 Å². The highest BCUT2D eigenvalue weighted by molar-refractivity contribution is 7.25. The second-order valence-corrected chi connectivity index (χ2v) is 15.1. The van der Waals surface area contributed by atoms with E-state index in [0.29, 0.717) is 17.5 Å². The van der Waals surface area contributed by atoms with E-state index >= 15 is 0 Å². The third-order valence-corrected chi connectivity index (χ3v) is 11.7. The van der Waals surface area contributed by atoms with Gasteiger partial charge in [0.2, 0.25) is 0 Å². The number of benzene rings is 8. The van der Waals surface area contributed by atoms with E-state index < -0.39 is 0 Å². The molecular formula is C51H31N3OS. The van der Waals surface area contributed by atoms with E-state index in [9.17, 15) is 0 Å². The molecular weight excluding hydrogens is 703 g/mol. The molecule has 0 saturated carbocycles. The summed E-state index contributed by atoms with van der Waals surface area (Å²) in [5.74, 6) is 1.83. The topological polar surface area (TPSA) is 51.8 Å². The normalized spacial score (nSPS) is 11.6. The van der Waals surface area contributed by atoms with Gasteiger partial charge in [-0.25, -0.2) is 15.0 Å². The lowest BCUT2D eigenvalue weighted by Gasteiger charge is -2.11. The first-order valence-electron chi connectivity index (χ1n) is 18.7. The molecule has 0 fully saturated rings. The van der Waals surface area contributed by atoms with Gasteiger partial charge in [0.1, 0.15) is 11.2 Å².